The predicted octanol–water partition coefficient (Wildman–Crippen LogP) is 4.63. The molecule has 0 aliphatic rings. The van der Waals surface area contributed by atoms with Gasteiger partial charge in [-0.25, -0.2) is 9.97 Å². The maximum absolute atomic E-state index is 13.9. The van der Waals surface area contributed by atoms with Crippen molar-refractivity contribution in [3.8, 4) is 40.0 Å². The van der Waals surface area contributed by atoms with Crippen LogP contribution in [-0.4, -0.2) is 37.5 Å². The van der Waals surface area contributed by atoms with Crippen molar-refractivity contribution in [3.63, 3.8) is 0 Å². The van der Waals surface area contributed by atoms with E-state index in [1.54, 1.807) is 23.6 Å². The van der Waals surface area contributed by atoms with Gasteiger partial charge < -0.3 is 19.5 Å². The highest BCUT2D eigenvalue weighted by molar-refractivity contribution is 5.80. The number of aromatic nitrogens is 4. The van der Waals surface area contributed by atoms with Crippen molar-refractivity contribution in [2.75, 3.05) is 6.61 Å². The molecule has 0 aliphatic carbocycles. The third-order valence-electron chi connectivity index (χ3n) is 6.83. The Kier molecular flexibility index (Phi) is 8.26. The second-order valence-electron chi connectivity index (χ2n) is 9.88. The molecule has 2 heterocycles. The molecular weight excluding hydrogens is 520 g/mol. The molecule has 0 saturated heterocycles. The van der Waals surface area contributed by atoms with E-state index in [9.17, 15) is 15.0 Å². The molecule has 2 aromatic heterocycles. The number of aryl methyl sites for hydroxylation is 2. The first-order chi connectivity index (χ1) is 19.9. The number of aliphatic hydroxyl groups excluding tert-OH is 1. The highest BCUT2D eigenvalue weighted by Crippen LogP contribution is 2.31. The SMILES string of the molecule is CCCc1nc(C)n(-c2ccc(OC(C)CO)cc2)c(=O)c1Cc1ccc(-c2ccccc2-c2noc([O-])n2)cc1. The summed E-state index contributed by atoms with van der Waals surface area (Å²) in [6, 6.07) is 22.7. The fourth-order valence-corrected chi connectivity index (χ4v) is 4.84. The van der Waals surface area contributed by atoms with Crippen molar-refractivity contribution in [1.82, 2.24) is 19.7 Å². The fourth-order valence-electron chi connectivity index (χ4n) is 4.84. The number of hydrogen-bond donors (Lipinski definition) is 1. The summed E-state index contributed by atoms with van der Waals surface area (Å²) in [4.78, 5) is 22.6. The molecule has 0 amide bonds. The maximum Gasteiger partial charge on any atom is 0.261 e. The molecule has 1 N–H and O–H groups in total. The molecule has 0 aliphatic heterocycles. The fraction of sp³-hybridized carbons (Fsp3) is 0.250. The first kappa shape index (κ1) is 27.8. The third-order valence-corrected chi connectivity index (χ3v) is 6.83. The van der Waals surface area contributed by atoms with Gasteiger partial charge in [0.25, 0.3) is 5.56 Å². The molecule has 5 aromatic rings. The Hall–Kier alpha value is -4.76. The van der Waals surface area contributed by atoms with E-state index < -0.39 is 6.08 Å². The summed E-state index contributed by atoms with van der Waals surface area (Å²) in [5.74, 6) is 1.48. The van der Waals surface area contributed by atoms with Gasteiger partial charge in [0.15, 0.2) is 11.9 Å². The standard InChI is InChI=1S/C32H32N4O5/c1-4-7-29-28(31(38)36(21(3)33-29)24-14-16-25(17-15-24)40-20(2)19-37)18-22-10-12-23(13-11-22)26-8-5-6-9-27(26)30-34-32(39)41-35-30/h5-6,8-17,20,37H,4,7,18-19H2,1-3H3,(H,34,35,39)/p-1. The summed E-state index contributed by atoms with van der Waals surface area (Å²) in [5.41, 5.74) is 5.53. The predicted molar refractivity (Wildman–Crippen MR) is 153 cm³/mol. The molecule has 0 bridgehead atoms. The van der Waals surface area contributed by atoms with E-state index >= 15 is 0 Å². The maximum atomic E-state index is 13.9. The topological polar surface area (TPSA) is 126 Å². The minimum absolute atomic E-state index is 0.0823. The zero-order valence-corrected chi connectivity index (χ0v) is 23.2. The molecule has 41 heavy (non-hydrogen) atoms. The lowest BCUT2D eigenvalue weighted by molar-refractivity contribution is -0.303. The number of nitrogens with zero attached hydrogens (tertiary/aromatic N) is 4. The second kappa shape index (κ2) is 12.2. The average molecular weight is 552 g/mol. The summed E-state index contributed by atoms with van der Waals surface area (Å²) in [6.45, 7) is 5.62. The van der Waals surface area contributed by atoms with Crippen LogP contribution >= 0.6 is 0 Å². The Bertz CT molecular complexity index is 1690. The van der Waals surface area contributed by atoms with Crippen LogP contribution in [0.15, 0.2) is 82.1 Å². The third kappa shape index (κ3) is 6.05. The highest BCUT2D eigenvalue weighted by atomic mass is 16.6. The Morgan fingerprint density at radius 3 is 2.34 bits per heavy atom. The van der Waals surface area contributed by atoms with Crippen molar-refractivity contribution in [3.05, 3.63) is 106 Å². The van der Waals surface area contributed by atoms with Gasteiger partial charge in [-0.2, -0.15) is 5.16 Å². The normalized spacial score (nSPS) is 11.9. The smallest absolute Gasteiger partial charge is 0.261 e. The molecule has 9 nitrogen and oxygen atoms in total. The van der Waals surface area contributed by atoms with E-state index in [4.69, 9.17) is 9.72 Å². The Balaban J connectivity index is 1.47. The van der Waals surface area contributed by atoms with Gasteiger partial charge in [0.2, 0.25) is 0 Å². The number of hydrogen-bond acceptors (Lipinski definition) is 8. The van der Waals surface area contributed by atoms with E-state index in [0.29, 0.717) is 41.2 Å². The highest BCUT2D eigenvalue weighted by Gasteiger charge is 2.17. The van der Waals surface area contributed by atoms with Crippen molar-refractivity contribution in [1.29, 1.82) is 0 Å². The minimum atomic E-state index is -0.731. The Labute approximate surface area is 237 Å². The van der Waals surface area contributed by atoms with Crippen LogP contribution in [0.1, 0.15) is 42.9 Å². The van der Waals surface area contributed by atoms with Crippen molar-refractivity contribution >= 4 is 0 Å². The van der Waals surface area contributed by atoms with E-state index in [2.05, 4.69) is 21.6 Å². The van der Waals surface area contributed by atoms with Crippen LogP contribution in [0.25, 0.3) is 28.2 Å². The molecule has 5 rings (SSSR count). The molecule has 0 radical (unpaired) electrons. The lowest BCUT2D eigenvalue weighted by atomic mass is 9.96. The van der Waals surface area contributed by atoms with Crippen LogP contribution in [0.5, 0.6) is 11.8 Å². The second-order valence-corrected chi connectivity index (χ2v) is 9.88. The van der Waals surface area contributed by atoms with Crippen LogP contribution < -0.4 is 15.4 Å². The van der Waals surface area contributed by atoms with E-state index in [-0.39, 0.29) is 24.1 Å². The van der Waals surface area contributed by atoms with Crippen LogP contribution in [0, 0.1) is 6.92 Å². The summed E-state index contributed by atoms with van der Waals surface area (Å²) >= 11 is 0. The van der Waals surface area contributed by atoms with Crippen LogP contribution in [0.4, 0.5) is 0 Å². The zero-order chi connectivity index (χ0) is 28.9. The first-order valence-corrected chi connectivity index (χ1v) is 13.6. The van der Waals surface area contributed by atoms with E-state index in [1.165, 1.54) is 0 Å². The van der Waals surface area contributed by atoms with Gasteiger partial charge in [0, 0.05) is 17.5 Å². The van der Waals surface area contributed by atoms with Crippen LogP contribution in [0.2, 0.25) is 0 Å². The number of ether oxygens (including phenoxy) is 1. The van der Waals surface area contributed by atoms with Gasteiger partial charge in [-0.05, 0) is 61.2 Å². The first-order valence-electron chi connectivity index (χ1n) is 13.6. The molecule has 1 atom stereocenters. The summed E-state index contributed by atoms with van der Waals surface area (Å²) in [7, 11) is 0. The zero-order valence-electron chi connectivity index (χ0n) is 23.2. The molecule has 0 saturated carbocycles. The van der Waals surface area contributed by atoms with E-state index in [0.717, 1.165) is 28.8 Å². The van der Waals surface area contributed by atoms with Gasteiger partial charge >= 0.3 is 0 Å². The molecule has 1 unspecified atom stereocenters. The minimum Gasteiger partial charge on any atom is -0.528 e. The molecule has 9 heteroatoms. The van der Waals surface area contributed by atoms with Gasteiger partial charge in [-0.1, -0.05) is 61.9 Å². The lowest BCUT2D eigenvalue weighted by Crippen LogP contribution is -2.28. The van der Waals surface area contributed by atoms with Crippen molar-refractivity contribution in [2.45, 2.75) is 46.1 Å². The van der Waals surface area contributed by atoms with Gasteiger partial charge in [0.05, 0.1) is 18.0 Å². The van der Waals surface area contributed by atoms with Crippen LogP contribution in [-0.2, 0) is 12.8 Å². The van der Waals surface area contributed by atoms with Crippen molar-refractivity contribution < 1.29 is 19.5 Å². The van der Waals surface area contributed by atoms with E-state index in [1.807, 2.05) is 67.6 Å². The quantitative estimate of drug-likeness (QED) is 0.266. The van der Waals surface area contributed by atoms with Crippen LogP contribution in [0.3, 0.4) is 0 Å². The molecule has 0 spiro atoms. The molecule has 3 aromatic carbocycles. The largest absolute Gasteiger partial charge is 0.528 e. The Morgan fingerprint density at radius 1 is 1.00 bits per heavy atom. The molecular formula is C32H31N4O5-. The monoisotopic (exact) mass is 551 g/mol. The van der Waals surface area contributed by atoms with Gasteiger partial charge in [0.1, 0.15) is 17.7 Å². The molecule has 210 valence electrons. The average Bonchev–Trinajstić information content (AvgIpc) is 3.42. The molecule has 0 fully saturated rings. The lowest BCUT2D eigenvalue weighted by Gasteiger charge is -2.17. The number of aliphatic hydroxyl groups is 1. The number of rotatable bonds is 10. The van der Waals surface area contributed by atoms with Crippen molar-refractivity contribution in [2.24, 2.45) is 0 Å². The van der Waals surface area contributed by atoms with Gasteiger partial charge in [-0.15, -0.1) is 0 Å². The van der Waals surface area contributed by atoms with Gasteiger partial charge in [-0.3, -0.25) is 9.36 Å². The summed E-state index contributed by atoms with van der Waals surface area (Å²) < 4.78 is 11.9. The summed E-state index contributed by atoms with van der Waals surface area (Å²) in [5, 5.41) is 24.5. The summed E-state index contributed by atoms with van der Waals surface area (Å²) in [6.07, 6.45) is 0.954. The Morgan fingerprint density at radius 2 is 1.71 bits per heavy atom. The number of benzene rings is 3.